The quantitative estimate of drug-likeness (QED) is 0.891. The molecular formula is C13H24Cl2N2S. The molecule has 5 heteroatoms. The molecule has 1 aliphatic rings. The SMILES string of the molecule is CCCC[C@@H](c1ccsc1)N1CCNCC1.Cl.Cl. The van der Waals surface area contributed by atoms with Crippen LogP contribution in [0, 0.1) is 0 Å². The molecule has 106 valence electrons. The maximum Gasteiger partial charge on any atom is 0.0357 e. The summed E-state index contributed by atoms with van der Waals surface area (Å²) in [7, 11) is 0. The number of halogens is 2. The average molecular weight is 311 g/mol. The van der Waals surface area contributed by atoms with Gasteiger partial charge >= 0.3 is 0 Å². The zero-order valence-electron chi connectivity index (χ0n) is 10.9. The molecule has 2 heterocycles. The van der Waals surface area contributed by atoms with E-state index in [9.17, 15) is 0 Å². The normalized spacial score (nSPS) is 17.6. The Morgan fingerprint density at radius 1 is 1.33 bits per heavy atom. The summed E-state index contributed by atoms with van der Waals surface area (Å²) in [6, 6.07) is 2.96. The lowest BCUT2D eigenvalue weighted by Gasteiger charge is -2.34. The Bertz CT molecular complexity index is 287. The Morgan fingerprint density at radius 3 is 2.61 bits per heavy atom. The van der Waals surface area contributed by atoms with Gasteiger partial charge in [0.05, 0.1) is 0 Å². The Morgan fingerprint density at radius 2 is 2.06 bits per heavy atom. The van der Waals surface area contributed by atoms with Crippen LogP contribution in [0.15, 0.2) is 16.8 Å². The zero-order chi connectivity index (χ0) is 11.2. The number of hydrogen-bond acceptors (Lipinski definition) is 3. The number of nitrogens with one attached hydrogen (secondary N) is 1. The first-order valence-corrected chi connectivity index (χ1v) is 7.33. The number of rotatable bonds is 5. The van der Waals surface area contributed by atoms with Gasteiger partial charge in [0, 0.05) is 32.2 Å². The minimum Gasteiger partial charge on any atom is -0.314 e. The van der Waals surface area contributed by atoms with E-state index in [0.29, 0.717) is 6.04 Å². The van der Waals surface area contributed by atoms with Crippen molar-refractivity contribution in [2.24, 2.45) is 0 Å². The number of unbranched alkanes of at least 4 members (excludes halogenated alkanes) is 1. The molecule has 1 aromatic rings. The van der Waals surface area contributed by atoms with Crippen LogP contribution in [0.3, 0.4) is 0 Å². The number of hydrogen-bond donors (Lipinski definition) is 1. The van der Waals surface area contributed by atoms with Crippen molar-refractivity contribution in [3.63, 3.8) is 0 Å². The summed E-state index contributed by atoms with van der Waals surface area (Å²) in [6.07, 6.45) is 3.95. The van der Waals surface area contributed by atoms with Crippen LogP contribution in [0.4, 0.5) is 0 Å². The second-order valence-corrected chi connectivity index (χ2v) is 5.28. The van der Waals surface area contributed by atoms with E-state index in [1.165, 1.54) is 37.9 Å². The minimum atomic E-state index is 0. The van der Waals surface area contributed by atoms with Crippen molar-refractivity contribution in [3.05, 3.63) is 22.4 Å². The van der Waals surface area contributed by atoms with E-state index in [1.54, 1.807) is 0 Å². The third kappa shape index (κ3) is 5.06. The highest BCUT2D eigenvalue weighted by Crippen LogP contribution is 2.28. The maximum atomic E-state index is 3.43. The Kier molecular flexibility index (Phi) is 10.2. The van der Waals surface area contributed by atoms with E-state index in [2.05, 4.69) is 34.0 Å². The molecule has 18 heavy (non-hydrogen) atoms. The van der Waals surface area contributed by atoms with Gasteiger partial charge in [-0.2, -0.15) is 11.3 Å². The van der Waals surface area contributed by atoms with Crippen molar-refractivity contribution in [1.82, 2.24) is 10.2 Å². The van der Waals surface area contributed by atoms with Crippen LogP contribution in [0.2, 0.25) is 0 Å². The monoisotopic (exact) mass is 310 g/mol. The molecule has 1 aromatic heterocycles. The summed E-state index contributed by atoms with van der Waals surface area (Å²) < 4.78 is 0. The maximum absolute atomic E-state index is 3.43. The first-order valence-electron chi connectivity index (χ1n) is 6.38. The van der Waals surface area contributed by atoms with Crippen molar-refractivity contribution in [1.29, 1.82) is 0 Å². The van der Waals surface area contributed by atoms with Gasteiger partial charge in [0.1, 0.15) is 0 Å². The van der Waals surface area contributed by atoms with Crippen LogP contribution in [0.25, 0.3) is 0 Å². The molecular weight excluding hydrogens is 287 g/mol. The smallest absolute Gasteiger partial charge is 0.0357 e. The third-order valence-corrected chi connectivity index (χ3v) is 4.05. The lowest BCUT2D eigenvalue weighted by atomic mass is 10.0. The van der Waals surface area contributed by atoms with Gasteiger partial charge in [0.25, 0.3) is 0 Å². The number of piperazine rings is 1. The Balaban J connectivity index is 0.00000144. The largest absolute Gasteiger partial charge is 0.314 e. The van der Waals surface area contributed by atoms with Crippen molar-refractivity contribution in [2.45, 2.75) is 32.2 Å². The highest BCUT2D eigenvalue weighted by molar-refractivity contribution is 7.07. The molecule has 0 bridgehead atoms. The van der Waals surface area contributed by atoms with Crippen LogP contribution < -0.4 is 5.32 Å². The molecule has 1 fully saturated rings. The van der Waals surface area contributed by atoms with Gasteiger partial charge in [0.2, 0.25) is 0 Å². The van der Waals surface area contributed by atoms with Crippen LogP contribution in [0.5, 0.6) is 0 Å². The van der Waals surface area contributed by atoms with Crippen LogP contribution >= 0.6 is 36.2 Å². The summed E-state index contributed by atoms with van der Waals surface area (Å²) in [5.74, 6) is 0. The molecule has 0 aliphatic carbocycles. The highest BCUT2D eigenvalue weighted by atomic mass is 35.5. The van der Waals surface area contributed by atoms with Crippen LogP contribution in [-0.4, -0.2) is 31.1 Å². The van der Waals surface area contributed by atoms with Gasteiger partial charge < -0.3 is 5.32 Å². The Hall–Kier alpha value is 0.200. The first-order chi connectivity index (χ1) is 7.92. The fourth-order valence-electron chi connectivity index (χ4n) is 2.42. The fraction of sp³-hybridized carbons (Fsp3) is 0.692. The lowest BCUT2D eigenvalue weighted by Crippen LogP contribution is -2.45. The summed E-state index contributed by atoms with van der Waals surface area (Å²) in [5, 5.41) is 7.96. The third-order valence-electron chi connectivity index (χ3n) is 3.35. The van der Waals surface area contributed by atoms with Gasteiger partial charge in [-0.1, -0.05) is 19.8 Å². The van der Waals surface area contributed by atoms with Crippen molar-refractivity contribution in [3.8, 4) is 0 Å². The van der Waals surface area contributed by atoms with Crippen LogP contribution in [-0.2, 0) is 0 Å². The zero-order valence-corrected chi connectivity index (χ0v) is 13.4. The van der Waals surface area contributed by atoms with Gasteiger partial charge in [-0.3, -0.25) is 4.90 Å². The number of nitrogens with zero attached hydrogens (tertiary/aromatic N) is 1. The van der Waals surface area contributed by atoms with E-state index >= 15 is 0 Å². The molecule has 1 saturated heterocycles. The summed E-state index contributed by atoms with van der Waals surface area (Å²) in [6.45, 7) is 6.97. The molecule has 0 unspecified atom stereocenters. The second kappa shape index (κ2) is 10.0. The molecule has 1 atom stereocenters. The minimum absolute atomic E-state index is 0. The fourth-order valence-corrected chi connectivity index (χ4v) is 3.12. The van der Waals surface area contributed by atoms with Crippen LogP contribution in [0.1, 0.15) is 37.8 Å². The van der Waals surface area contributed by atoms with E-state index in [-0.39, 0.29) is 24.8 Å². The molecule has 0 aromatic carbocycles. The van der Waals surface area contributed by atoms with Gasteiger partial charge in [-0.25, -0.2) is 0 Å². The van der Waals surface area contributed by atoms with Crippen molar-refractivity contribution < 1.29 is 0 Å². The standard InChI is InChI=1S/C13H22N2S.2ClH/c1-2-3-4-13(12-5-10-16-11-12)15-8-6-14-7-9-15;;/h5,10-11,13-14H,2-4,6-9H2,1H3;2*1H/t13-;;/m0../s1. The highest BCUT2D eigenvalue weighted by Gasteiger charge is 2.21. The molecule has 0 radical (unpaired) electrons. The van der Waals surface area contributed by atoms with Gasteiger partial charge in [-0.05, 0) is 28.8 Å². The molecule has 2 rings (SSSR count). The van der Waals surface area contributed by atoms with E-state index in [0.717, 1.165) is 13.1 Å². The topological polar surface area (TPSA) is 15.3 Å². The van der Waals surface area contributed by atoms with Crippen molar-refractivity contribution in [2.75, 3.05) is 26.2 Å². The molecule has 0 amide bonds. The predicted molar refractivity (Wildman–Crippen MR) is 85.5 cm³/mol. The molecule has 0 spiro atoms. The Labute approximate surface area is 127 Å². The van der Waals surface area contributed by atoms with Crippen molar-refractivity contribution >= 4 is 36.2 Å². The van der Waals surface area contributed by atoms with Gasteiger partial charge in [0.15, 0.2) is 0 Å². The molecule has 1 N–H and O–H groups in total. The summed E-state index contributed by atoms with van der Waals surface area (Å²) in [5.41, 5.74) is 1.53. The predicted octanol–water partition coefficient (Wildman–Crippen LogP) is 3.73. The number of thiophene rings is 1. The molecule has 2 nitrogen and oxygen atoms in total. The summed E-state index contributed by atoms with van der Waals surface area (Å²) in [4.78, 5) is 2.65. The van der Waals surface area contributed by atoms with E-state index in [4.69, 9.17) is 0 Å². The van der Waals surface area contributed by atoms with E-state index < -0.39 is 0 Å². The first kappa shape index (κ1) is 18.2. The van der Waals surface area contributed by atoms with E-state index in [1.807, 2.05) is 11.3 Å². The summed E-state index contributed by atoms with van der Waals surface area (Å²) >= 11 is 1.82. The van der Waals surface area contributed by atoms with Gasteiger partial charge in [-0.15, -0.1) is 24.8 Å². The lowest BCUT2D eigenvalue weighted by molar-refractivity contribution is 0.163. The molecule has 0 saturated carbocycles. The molecule has 1 aliphatic heterocycles. The average Bonchev–Trinajstić information content (AvgIpc) is 2.85. The second-order valence-electron chi connectivity index (χ2n) is 4.50.